The van der Waals surface area contributed by atoms with Gasteiger partial charge in [-0.05, 0) is 28.7 Å². The molecule has 0 radical (unpaired) electrons. The molecule has 0 amide bonds. The van der Waals surface area contributed by atoms with Crippen LogP contribution in [0.1, 0.15) is 24.5 Å². The van der Waals surface area contributed by atoms with Crippen LogP contribution in [0, 0.1) is 0 Å². The lowest BCUT2D eigenvalue weighted by molar-refractivity contribution is -0.163. The van der Waals surface area contributed by atoms with Crippen molar-refractivity contribution < 1.29 is 24.9 Å². The number of hydrogen-bond acceptors (Lipinski definition) is 5. The second-order valence-corrected chi connectivity index (χ2v) is 6.32. The molecule has 3 N–H and O–H groups in total. The van der Waals surface area contributed by atoms with Crippen LogP contribution in [-0.4, -0.2) is 46.5 Å². The smallest absolute Gasteiger partial charge is 0.194 e. The van der Waals surface area contributed by atoms with Crippen LogP contribution in [0.4, 0.5) is 0 Å². The number of rotatable bonds is 10. The van der Waals surface area contributed by atoms with E-state index in [1.54, 1.807) is 0 Å². The van der Waals surface area contributed by atoms with E-state index in [1.165, 1.54) is 5.56 Å². The van der Waals surface area contributed by atoms with Crippen molar-refractivity contribution in [2.24, 2.45) is 0 Å². The molecular weight excluding hydrogens is 332 g/mol. The number of carbonyl (C=O) groups excluding carboxylic acids is 1. The van der Waals surface area contributed by atoms with Crippen LogP contribution in [0.15, 0.2) is 48.5 Å². The van der Waals surface area contributed by atoms with Crippen molar-refractivity contribution in [2.45, 2.75) is 32.0 Å². The van der Waals surface area contributed by atoms with Gasteiger partial charge in [0.25, 0.3) is 0 Å². The Hall–Kier alpha value is -2.05. The Kier molecular flexibility index (Phi) is 7.48. The molecule has 0 spiro atoms. The number of carbonyl (C=O) groups is 1. The average Bonchev–Trinajstić information content (AvgIpc) is 2.70. The second-order valence-electron chi connectivity index (χ2n) is 6.32. The number of ketones is 1. The van der Waals surface area contributed by atoms with Gasteiger partial charge in [-0.1, -0.05) is 61.9 Å². The van der Waals surface area contributed by atoms with Crippen LogP contribution in [0.5, 0.6) is 0 Å². The van der Waals surface area contributed by atoms with E-state index in [4.69, 9.17) is 9.84 Å². The summed E-state index contributed by atoms with van der Waals surface area (Å²) in [5, 5.41) is 27.8. The zero-order chi connectivity index (χ0) is 19.0. The number of aliphatic hydroxyl groups is 3. The van der Waals surface area contributed by atoms with Gasteiger partial charge >= 0.3 is 0 Å². The molecule has 2 aromatic rings. The number of aliphatic hydroxyl groups excluding tert-OH is 3. The van der Waals surface area contributed by atoms with Gasteiger partial charge in [0.05, 0.1) is 19.8 Å². The van der Waals surface area contributed by atoms with E-state index in [9.17, 15) is 15.0 Å². The number of aryl methyl sites for hydroxylation is 1. The summed E-state index contributed by atoms with van der Waals surface area (Å²) in [6.45, 7) is 0.0257. The molecule has 0 aliphatic rings. The maximum atomic E-state index is 11.7. The first-order valence-electron chi connectivity index (χ1n) is 8.76. The van der Waals surface area contributed by atoms with Gasteiger partial charge in [-0.25, -0.2) is 0 Å². The van der Waals surface area contributed by atoms with Crippen LogP contribution >= 0.6 is 0 Å². The summed E-state index contributed by atoms with van der Waals surface area (Å²) in [4.78, 5) is 11.7. The van der Waals surface area contributed by atoms with Gasteiger partial charge in [0.1, 0.15) is 6.61 Å². The standard InChI is InChI=1S/C21H26O5/c1-2-3-16-4-8-18(9-5-16)19-10-6-17(7-11-19)13-26-21(14-23,15-24)20(25)12-22/h4-11,22-24H,2-3,12-15H2,1H3. The number of benzene rings is 2. The van der Waals surface area contributed by atoms with Crippen LogP contribution in [-0.2, 0) is 22.6 Å². The van der Waals surface area contributed by atoms with E-state index in [2.05, 4.69) is 31.2 Å². The normalized spacial score (nSPS) is 11.5. The molecule has 0 atom stereocenters. The van der Waals surface area contributed by atoms with Crippen molar-refractivity contribution in [1.82, 2.24) is 0 Å². The molecule has 5 nitrogen and oxygen atoms in total. The highest BCUT2D eigenvalue weighted by Gasteiger charge is 2.37. The minimum Gasteiger partial charge on any atom is -0.393 e. The first kappa shape index (κ1) is 20.3. The molecule has 0 saturated carbocycles. The largest absolute Gasteiger partial charge is 0.393 e. The Bertz CT molecular complexity index is 687. The molecule has 2 rings (SSSR count). The monoisotopic (exact) mass is 358 g/mol. The Morgan fingerprint density at radius 3 is 1.81 bits per heavy atom. The molecular formula is C21H26O5. The molecule has 0 bridgehead atoms. The molecule has 5 heteroatoms. The Morgan fingerprint density at radius 2 is 1.38 bits per heavy atom. The van der Waals surface area contributed by atoms with Gasteiger partial charge < -0.3 is 20.1 Å². The third-order valence-electron chi connectivity index (χ3n) is 4.46. The van der Waals surface area contributed by atoms with E-state index in [0.717, 1.165) is 29.5 Å². The van der Waals surface area contributed by atoms with Gasteiger partial charge in [-0.2, -0.15) is 0 Å². The summed E-state index contributed by atoms with van der Waals surface area (Å²) in [6, 6.07) is 16.1. The third kappa shape index (κ3) is 4.77. The molecule has 0 aliphatic heterocycles. The second kappa shape index (κ2) is 9.59. The molecule has 0 aromatic heterocycles. The highest BCUT2D eigenvalue weighted by Crippen LogP contribution is 2.22. The Balaban J connectivity index is 2.06. The van der Waals surface area contributed by atoms with Crippen molar-refractivity contribution in [3.8, 4) is 11.1 Å². The van der Waals surface area contributed by atoms with Gasteiger partial charge in [-0.3, -0.25) is 4.79 Å². The predicted octanol–water partition coefficient (Wildman–Crippen LogP) is 2.11. The topological polar surface area (TPSA) is 87.0 Å². The molecule has 0 fully saturated rings. The van der Waals surface area contributed by atoms with Gasteiger partial charge in [-0.15, -0.1) is 0 Å². The molecule has 0 unspecified atom stereocenters. The summed E-state index contributed by atoms with van der Waals surface area (Å²) < 4.78 is 5.45. The van der Waals surface area contributed by atoms with E-state index >= 15 is 0 Å². The van der Waals surface area contributed by atoms with E-state index < -0.39 is 31.2 Å². The summed E-state index contributed by atoms with van der Waals surface area (Å²) >= 11 is 0. The summed E-state index contributed by atoms with van der Waals surface area (Å²) in [5.41, 5.74) is 2.53. The van der Waals surface area contributed by atoms with Crippen LogP contribution < -0.4 is 0 Å². The lowest BCUT2D eigenvalue weighted by atomic mass is 10.00. The number of ether oxygens (including phenoxy) is 1. The fourth-order valence-electron chi connectivity index (χ4n) is 2.71. The first-order valence-corrected chi connectivity index (χ1v) is 8.76. The highest BCUT2D eigenvalue weighted by atomic mass is 16.5. The van der Waals surface area contributed by atoms with Gasteiger partial charge in [0, 0.05) is 0 Å². The minimum absolute atomic E-state index is 0.0442. The average molecular weight is 358 g/mol. The molecule has 0 aliphatic carbocycles. The molecule has 140 valence electrons. The molecule has 2 aromatic carbocycles. The summed E-state index contributed by atoms with van der Waals surface area (Å²) in [6.07, 6.45) is 2.19. The number of hydrogen-bond donors (Lipinski definition) is 3. The van der Waals surface area contributed by atoms with Crippen LogP contribution in [0.25, 0.3) is 11.1 Å². The van der Waals surface area contributed by atoms with Crippen molar-refractivity contribution in [3.63, 3.8) is 0 Å². The summed E-state index contributed by atoms with van der Waals surface area (Å²) in [7, 11) is 0. The van der Waals surface area contributed by atoms with Crippen LogP contribution in [0.2, 0.25) is 0 Å². The zero-order valence-electron chi connectivity index (χ0n) is 15.0. The lowest BCUT2D eigenvalue weighted by Crippen LogP contribution is -2.50. The Labute approximate surface area is 153 Å². The maximum Gasteiger partial charge on any atom is 0.194 e. The van der Waals surface area contributed by atoms with Gasteiger partial charge in [0.15, 0.2) is 11.4 Å². The van der Waals surface area contributed by atoms with E-state index in [1.807, 2.05) is 24.3 Å². The highest BCUT2D eigenvalue weighted by molar-refractivity contribution is 5.88. The fourth-order valence-corrected chi connectivity index (χ4v) is 2.71. The minimum atomic E-state index is -1.78. The molecule has 26 heavy (non-hydrogen) atoms. The summed E-state index contributed by atoms with van der Waals surface area (Å²) in [5.74, 6) is -0.744. The fraction of sp³-hybridized carbons (Fsp3) is 0.381. The molecule has 0 saturated heterocycles. The van der Waals surface area contributed by atoms with Crippen molar-refractivity contribution in [3.05, 3.63) is 59.7 Å². The number of Topliss-reactive ketones (excluding diaryl/α,β-unsaturated/α-hetero) is 1. The van der Waals surface area contributed by atoms with E-state index in [-0.39, 0.29) is 6.61 Å². The van der Waals surface area contributed by atoms with Crippen molar-refractivity contribution >= 4 is 5.78 Å². The quantitative estimate of drug-likeness (QED) is 0.605. The van der Waals surface area contributed by atoms with Crippen LogP contribution in [0.3, 0.4) is 0 Å². The third-order valence-corrected chi connectivity index (χ3v) is 4.46. The van der Waals surface area contributed by atoms with Crippen molar-refractivity contribution in [1.29, 1.82) is 0 Å². The Morgan fingerprint density at radius 1 is 0.885 bits per heavy atom. The van der Waals surface area contributed by atoms with E-state index in [0.29, 0.717) is 0 Å². The zero-order valence-corrected chi connectivity index (χ0v) is 15.0. The maximum absolute atomic E-state index is 11.7. The SMILES string of the molecule is CCCc1ccc(-c2ccc(COC(CO)(CO)C(=O)CO)cc2)cc1. The van der Waals surface area contributed by atoms with Crippen molar-refractivity contribution in [2.75, 3.05) is 19.8 Å². The predicted molar refractivity (Wildman–Crippen MR) is 99.7 cm³/mol. The first-order chi connectivity index (χ1) is 12.6. The molecule has 0 heterocycles. The lowest BCUT2D eigenvalue weighted by Gasteiger charge is -2.27. The van der Waals surface area contributed by atoms with Gasteiger partial charge in [0.2, 0.25) is 0 Å².